The molecule has 22 heavy (non-hydrogen) atoms. The molecule has 1 amide bonds. The minimum absolute atomic E-state index is 0.0791. The van der Waals surface area contributed by atoms with E-state index in [-0.39, 0.29) is 11.7 Å². The number of hydrogen-bond acceptors (Lipinski definition) is 2. The largest absolute Gasteiger partial charge is 0.435 e. The molecule has 0 heterocycles. The Kier molecular flexibility index (Phi) is 5.88. The highest BCUT2D eigenvalue weighted by Crippen LogP contribution is 2.16. The van der Waals surface area contributed by atoms with Gasteiger partial charge in [0.1, 0.15) is 5.75 Å². The van der Waals surface area contributed by atoms with Gasteiger partial charge in [-0.25, -0.2) is 0 Å². The number of carbonyl (C=O) groups is 1. The summed E-state index contributed by atoms with van der Waals surface area (Å²) < 4.78 is 29.3. The minimum atomic E-state index is -2.85. The molecular formula is C16H12F2INO2. The van der Waals surface area contributed by atoms with Crippen LogP contribution in [0.5, 0.6) is 5.75 Å². The van der Waals surface area contributed by atoms with Crippen molar-refractivity contribution in [2.45, 2.75) is 6.61 Å². The van der Waals surface area contributed by atoms with E-state index < -0.39 is 6.61 Å². The topological polar surface area (TPSA) is 38.3 Å². The van der Waals surface area contributed by atoms with Gasteiger partial charge in [-0.3, -0.25) is 4.79 Å². The Morgan fingerprint density at radius 2 is 1.91 bits per heavy atom. The van der Waals surface area contributed by atoms with E-state index in [1.54, 1.807) is 24.3 Å². The summed E-state index contributed by atoms with van der Waals surface area (Å²) >= 11 is 2.16. The first-order valence-corrected chi connectivity index (χ1v) is 7.40. The second kappa shape index (κ2) is 7.88. The van der Waals surface area contributed by atoms with Gasteiger partial charge < -0.3 is 10.1 Å². The Bertz CT molecular complexity index is 672. The molecule has 2 aromatic rings. The van der Waals surface area contributed by atoms with Gasteiger partial charge >= 0.3 is 6.61 Å². The van der Waals surface area contributed by atoms with Crippen molar-refractivity contribution in [3.8, 4) is 5.75 Å². The molecule has 3 nitrogen and oxygen atoms in total. The third-order valence-corrected chi connectivity index (χ3v) is 3.30. The number of carbonyl (C=O) groups excluding carboxylic acids is 1. The number of rotatable bonds is 5. The number of anilines is 1. The molecule has 0 unspecified atom stereocenters. The molecule has 0 aliphatic carbocycles. The van der Waals surface area contributed by atoms with Crippen LogP contribution in [0.2, 0.25) is 0 Å². The summed E-state index contributed by atoms with van der Waals surface area (Å²) in [5.41, 5.74) is 1.42. The molecule has 0 bridgehead atoms. The van der Waals surface area contributed by atoms with Crippen LogP contribution >= 0.6 is 22.6 Å². The zero-order valence-corrected chi connectivity index (χ0v) is 13.5. The van der Waals surface area contributed by atoms with Gasteiger partial charge in [0.05, 0.1) is 0 Å². The van der Waals surface area contributed by atoms with Gasteiger partial charge in [0.2, 0.25) is 5.91 Å². The Balaban J connectivity index is 1.94. The van der Waals surface area contributed by atoms with Crippen molar-refractivity contribution in [2.24, 2.45) is 0 Å². The Labute approximate surface area is 140 Å². The van der Waals surface area contributed by atoms with Crippen LogP contribution in [-0.2, 0) is 4.79 Å². The fourth-order valence-electron chi connectivity index (χ4n) is 1.68. The van der Waals surface area contributed by atoms with Gasteiger partial charge in [-0.05, 0) is 64.6 Å². The van der Waals surface area contributed by atoms with Gasteiger partial charge in [-0.1, -0.05) is 18.2 Å². The van der Waals surface area contributed by atoms with E-state index in [0.29, 0.717) is 11.3 Å². The van der Waals surface area contributed by atoms with E-state index >= 15 is 0 Å². The molecule has 6 heteroatoms. The Hall–Kier alpha value is -1.96. The maximum Gasteiger partial charge on any atom is 0.387 e. The average Bonchev–Trinajstić information content (AvgIpc) is 2.46. The van der Waals surface area contributed by atoms with Crippen molar-refractivity contribution in [3.05, 3.63) is 63.7 Å². The molecule has 0 atom stereocenters. The van der Waals surface area contributed by atoms with E-state index in [1.807, 2.05) is 18.2 Å². The number of ether oxygens (including phenoxy) is 1. The van der Waals surface area contributed by atoms with Crippen molar-refractivity contribution < 1.29 is 18.3 Å². The molecule has 0 aliphatic heterocycles. The summed E-state index contributed by atoms with van der Waals surface area (Å²) in [5.74, 6) is -0.189. The second-order valence-electron chi connectivity index (χ2n) is 4.28. The predicted molar refractivity (Wildman–Crippen MR) is 89.9 cm³/mol. The summed E-state index contributed by atoms with van der Waals surface area (Å²) in [6.45, 7) is -2.85. The van der Waals surface area contributed by atoms with Crippen LogP contribution in [0.3, 0.4) is 0 Å². The molecule has 0 saturated heterocycles. The lowest BCUT2D eigenvalue weighted by Crippen LogP contribution is -2.07. The van der Waals surface area contributed by atoms with E-state index in [0.717, 1.165) is 3.57 Å². The lowest BCUT2D eigenvalue weighted by molar-refractivity contribution is -0.111. The monoisotopic (exact) mass is 415 g/mol. The zero-order valence-electron chi connectivity index (χ0n) is 11.3. The maximum absolute atomic E-state index is 12.0. The first-order valence-electron chi connectivity index (χ1n) is 6.32. The van der Waals surface area contributed by atoms with Crippen LogP contribution in [0.25, 0.3) is 6.08 Å². The van der Waals surface area contributed by atoms with E-state index in [1.165, 1.54) is 18.2 Å². The molecular weight excluding hydrogens is 403 g/mol. The molecule has 0 spiro atoms. The average molecular weight is 415 g/mol. The van der Waals surface area contributed by atoms with Crippen molar-refractivity contribution in [2.75, 3.05) is 5.32 Å². The zero-order chi connectivity index (χ0) is 15.9. The fourth-order valence-corrected chi connectivity index (χ4v) is 2.23. The molecule has 0 fully saturated rings. The first-order chi connectivity index (χ1) is 10.5. The molecule has 1 N–H and O–H groups in total. The Morgan fingerprint density at radius 3 is 2.55 bits per heavy atom. The quantitative estimate of drug-likeness (QED) is 0.575. The summed E-state index contributed by atoms with van der Waals surface area (Å²) in [5, 5.41) is 2.74. The molecule has 0 saturated carbocycles. The first kappa shape index (κ1) is 16.4. The van der Waals surface area contributed by atoms with Gasteiger partial charge in [0.15, 0.2) is 0 Å². The van der Waals surface area contributed by atoms with E-state index in [9.17, 15) is 13.6 Å². The minimum Gasteiger partial charge on any atom is -0.435 e. The highest BCUT2D eigenvalue weighted by Gasteiger charge is 2.03. The number of alkyl halides is 2. The van der Waals surface area contributed by atoms with Crippen LogP contribution in [0, 0.1) is 3.57 Å². The molecule has 114 valence electrons. The van der Waals surface area contributed by atoms with Gasteiger partial charge in [-0.15, -0.1) is 0 Å². The molecule has 0 aromatic heterocycles. The van der Waals surface area contributed by atoms with E-state index in [4.69, 9.17) is 0 Å². The van der Waals surface area contributed by atoms with Crippen LogP contribution in [0.1, 0.15) is 5.56 Å². The smallest absolute Gasteiger partial charge is 0.387 e. The van der Waals surface area contributed by atoms with Crippen molar-refractivity contribution in [3.63, 3.8) is 0 Å². The third-order valence-electron chi connectivity index (χ3n) is 2.62. The Morgan fingerprint density at radius 1 is 1.18 bits per heavy atom. The summed E-state index contributed by atoms with van der Waals surface area (Å²) in [6.07, 6.45) is 2.97. The standard InChI is InChI=1S/C16H12F2INO2/c17-16(18)22-14-7-4-11(5-8-14)6-9-15(21)20-13-3-1-2-12(19)10-13/h1-10,16H,(H,20,21)/b9-6+. The van der Waals surface area contributed by atoms with Crippen molar-refractivity contribution in [1.82, 2.24) is 0 Å². The molecule has 0 radical (unpaired) electrons. The van der Waals surface area contributed by atoms with Crippen LogP contribution in [0.15, 0.2) is 54.6 Å². The SMILES string of the molecule is O=C(/C=C/c1ccc(OC(F)F)cc1)Nc1cccc(I)c1. The van der Waals surface area contributed by atoms with E-state index in [2.05, 4.69) is 32.6 Å². The highest BCUT2D eigenvalue weighted by atomic mass is 127. The van der Waals surface area contributed by atoms with Gasteiger partial charge in [0.25, 0.3) is 0 Å². The van der Waals surface area contributed by atoms with Gasteiger partial charge in [0, 0.05) is 15.3 Å². The second-order valence-corrected chi connectivity index (χ2v) is 5.53. The summed E-state index contributed by atoms with van der Waals surface area (Å²) in [6, 6.07) is 13.4. The van der Waals surface area contributed by atoms with Gasteiger partial charge in [-0.2, -0.15) is 8.78 Å². The number of amides is 1. The normalized spacial score (nSPS) is 10.9. The summed E-state index contributed by atoms with van der Waals surface area (Å²) in [4.78, 5) is 11.8. The predicted octanol–water partition coefficient (Wildman–Crippen LogP) is 4.54. The van der Waals surface area contributed by atoms with Crippen LogP contribution in [-0.4, -0.2) is 12.5 Å². The van der Waals surface area contributed by atoms with Crippen LogP contribution in [0.4, 0.5) is 14.5 Å². The van der Waals surface area contributed by atoms with Crippen LogP contribution < -0.4 is 10.1 Å². The van der Waals surface area contributed by atoms with Crippen molar-refractivity contribution >= 4 is 40.3 Å². The fraction of sp³-hybridized carbons (Fsp3) is 0.0625. The highest BCUT2D eigenvalue weighted by molar-refractivity contribution is 14.1. The summed E-state index contributed by atoms with van der Waals surface area (Å²) in [7, 11) is 0. The molecule has 2 aromatic carbocycles. The lowest BCUT2D eigenvalue weighted by atomic mass is 10.2. The molecule has 0 aliphatic rings. The number of benzene rings is 2. The number of nitrogens with one attached hydrogen (secondary N) is 1. The lowest BCUT2D eigenvalue weighted by Gasteiger charge is -2.04. The molecule has 2 rings (SSSR count). The number of hydrogen-bond donors (Lipinski definition) is 1. The third kappa shape index (κ3) is 5.44. The maximum atomic E-state index is 12.0. The van der Waals surface area contributed by atoms with Crippen molar-refractivity contribution in [1.29, 1.82) is 0 Å². The number of halogens is 3.